The lowest BCUT2D eigenvalue weighted by atomic mass is 9.87. The van der Waals surface area contributed by atoms with Gasteiger partial charge in [0.05, 0.1) is 11.9 Å². The third kappa shape index (κ3) is 4.14. The van der Waals surface area contributed by atoms with E-state index in [1.165, 1.54) is 0 Å². The maximum atomic E-state index is 9.54. The van der Waals surface area contributed by atoms with Gasteiger partial charge in [-0.15, -0.1) is 0 Å². The maximum absolute atomic E-state index is 9.54. The molecule has 1 N–H and O–H groups in total. The molecule has 0 aromatic carbocycles. The molecule has 1 rings (SSSR count). The van der Waals surface area contributed by atoms with Crippen LogP contribution in [0.1, 0.15) is 46.5 Å². The minimum atomic E-state index is -0.249. The van der Waals surface area contributed by atoms with Crippen molar-refractivity contribution in [3.8, 4) is 0 Å². The highest BCUT2D eigenvalue weighted by molar-refractivity contribution is 4.92. The van der Waals surface area contributed by atoms with Crippen molar-refractivity contribution in [1.82, 2.24) is 0 Å². The summed E-state index contributed by atoms with van der Waals surface area (Å²) in [4.78, 5) is 0. The average Bonchev–Trinajstić information content (AvgIpc) is 1.97. The van der Waals surface area contributed by atoms with Crippen LogP contribution in [0.5, 0.6) is 0 Å². The molecule has 1 aliphatic rings. The second-order valence-corrected chi connectivity index (χ2v) is 5.47. The average molecular weight is 198 g/mol. The van der Waals surface area contributed by atoms with Gasteiger partial charge in [0.1, 0.15) is 6.10 Å². The smallest absolute Gasteiger partial charge is 0.101 e. The van der Waals surface area contributed by atoms with Crippen LogP contribution in [-0.4, -0.2) is 17.3 Å². The van der Waals surface area contributed by atoms with Crippen molar-refractivity contribution in [3.05, 3.63) is 12.3 Å². The highest BCUT2D eigenvalue weighted by atomic mass is 16.5. The Bertz CT molecular complexity index is 203. The molecule has 0 aromatic rings. The Kier molecular flexibility index (Phi) is 3.59. The normalized spacial score (nSPS) is 28.7. The summed E-state index contributed by atoms with van der Waals surface area (Å²) in [6, 6.07) is 0. The molecule has 0 bridgehead atoms. The van der Waals surface area contributed by atoms with Crippen LogP contribution >= 0.6 is 0 Å². The monoisotopic (exact) mass is 198 g/mol. The minimum Gasteiger partial charge on any atom is -0.495 e. The lowest BCUT2D eigenvalue weighted by Crippen LogP contribution is -2.28. The second-order valence-electron chi connectivity index (χ2n) is 5.47. The fraction of sp³-hybridized carbons (Fsp3) is 0.833. The zero-order valence-corrected chi connectivity index (χ0v) is 9.55. The molecule has 0 saturated carbocycles. The lowest BCUT2D eigenvalue weighted by Gasteiger charge is -2.30. The van der Waals surface area contributed by atoms with Crippen LogP contribution in [0.2, 0.25) is 0 Å². The van der Waals surface area contributed by atoms with E-state index >= 15 is 0 Å². The molecule has 0 spiro atoms. The van der Waals surface area contributed by atoms with E-state index in [1.54, 1.807) is 0 Å². The van der Waals surface area contributed by atoms with E-state index in [-0.39, 0.29) is 12.2 Å². The van der Waals surface area contributed by atoms with Gasteiger partial charge in [-0.25, -0.2) is 0 Å². The van der Waals surface area contributed by atoms with Gasteiger partial charge in [-0.1, -0.05) is 27.4 Å². The predicted octanol–water partition coefficient (Wildman–Crippen LogP) is 2.87. The number of hydrogen-bond donors (Lipinski definition) is 1. The Morgan fingerprint density at radius 2 is 2.14 bits per heavy atom. The van der Waals surface area contributed by atoms with Gasteiger partial charge >= 0.3 is 0 Å². The summed E-state index contributed by atoms with van der Waals surface area (Å²) >= 11 is 0. The molecule has 1 heterocycles. The van der Waals surface area contributed by atoms with Gasteiger partial charge in [0.15, 0.2) is 0 Å². The van der Waals surface area contributed by atoms with Gasteiger partial charge in [0.2, 0.25) is 0 Å². The van der Waals surface area contributed by atoms with Crippen molar-refractivity contribution in [1.29, 1.82) is 0 Å². The summed E-state index contributed by atoms with van der Waals surface area (Å²) in [5.41, 5.74) is 0.340. The molecule has 1 aliphatic heterocycles. The summed E-state index contributed by atoms with van der Waals surface area (Å²) in [7, 11) is 0. The first kappa shape index (κ1) is 11.6. The molecule has 14 heavy (non-hydrogen) atoms. The van der Waals surface area contributed by atoms with Crippen molar-refractivity contribution in [2.45, 2.75) is 58.7 Å². The van der Waals surface area contributed by atoms with Crippen molar-refractivity contribution in [2.75, 3.05) is 0 Å². The molecule has 0 radical (unpaired) electrons. The topological polar surface area (TPSA) is 29.5 Å². The number of aliphatic hydroxyl groups is 1. The van der Waals surface area contributed by atoms with Crippen molar-refractivity contribution in [3.63, 3.8) is 0 Å². The van der Waals surface area contributed by atoms with Gasteiger partial charge < -0.3 is 9.84 Å². The van der Waals surface area contributed by atoms with Gasteiger partial charge in [-0.05, 0) is 18.3 Å². The van der Waals surface area contributed by atoms with Crippen molar-refractivity contribution < 1.29 is 9.84 Å². The van der Waals surface area contributed by atoms with Gasteiger partial charge in [-0.2, -0.15) is 0 Å². The van der Waals surface area contributed by atoms with Crippen LogP contribution in [0, 0.1) is 5.41 Å². The second kappa shape index (κ2) is 4.35. The lowest BCUT2D eigenvalue weighted by molar-refractivity contribution is -0.00613. The zero-order chi connectivity index (χ0) is 10.8. The molecular formula is C12H22O2. The van der Waals surface area contributed by atoms with E-state index in [4.69, 9.17) is 4.74 Å². The Hall–Kier alpha value is -0.500. The molecule has 82 valence electrons. The van der Waals surface area contributed by atoms with E-state index in [9.17, 15) is 5.11 Å². The number of rotatable bonds is 2. The molecule has 2 heteroatoms. The molecule has 1 saturated heterocycles. The van der Waals surface area contributed by atoms with Crippen LogP contribution in [-0.2, 0) is 4.74 Å². The highest BCUT2D eigenvalue weighted by Gasteiger charge is 2.24. The Balaban J connectivity index is 2.34. The van der Waals surface area contributed by atoms with E-state index in [0.717, 1.165) is 25.0 Å². The molecule has 0 aliphatic carbocycles. The summed E-state index contributed by atoms with van der Waals surface area (Å²) in [6.07, 6.45) is 3.42. The molecule has 2 nitrogen and oxygen atoms in total. The first-order chi connectivity index (χ1) is 6.37. The largest absolute Gasteiger partial charge is 0.495 e. The van der Waals surface area contributed by atoms with Crippen molar-refractivity contribution >= 4 is 0 Å². The Morgan fingerprint density at radius 1 is 1.50 bits per heavy atom. The fourth-order valence-corrected chi connectivity index (χ4v) is 1.75. The first-order valence-corrected chi connectivity index (χ1v) is 5.39. The van der Waals surface area contributed by atoms with E-state index in [1.807, 2.05) is 0 Å². The maximum Gasteiger partial charge on any atom is 0.101 e. The Labute approximate surface area is 87.0 Å². The van der Waals surface area contributed by atoms with Crippen LogP contribution < -0.4 is 0 Å². The molecule has 0 aromatic heterocycles. The van der Waals surface area contributed by atoms with E-state index in [0.29, 0.717) is 11.8 Å². The molecule has 2 unspecified atom stereocenters. The molecule has 0 amide bonds. The Morgan fingerprint density at radius 3 is 2.64 bits per heavy atom. The fourth-order valence-electron chi connectivity index (χ4n) is 1.75. The number of ether oxygens (including phenoxy) is 1. The van der Waals surface area contributed by atoms with Crippen molar-refractivity contribution in [2.24, 2.45) is 5.41 Å². The summed E-state index contributed by atoms with van der Waals surface area (Å²) in [5, 5.41) is 9.54. The molecular weight excluding hydrogens is 176 g/mol. The van der Waals surface area contributed by atoms with Crippen LogP contribution in [0.15, 0.2) is 12.3 Å². The van der Waals surface area contributed by atoms with E-state index < -0.39 is 0 Å². The first-order valence-electron chi connectivity index (χ1n) is 5.39. The SMILES string of the molecule is C=C1CC(O)CC(CCC(C)(C)C)O1. The summed E-state index contributed by atoms with van der Waals surface area (Å²) in [6.45, 7) is 10.4. The van der Waals surface area contributed by atoms with Gasteiger partial charge in [-0.3, -0.25) is 0 Å². The predicted molar refractivity (Wildman–Crippen MR) is 57.9 cm³/mol. The van der Waals surface area contributed by atoms with Crippen LogP contribution in [0.3, 0.4) is 0 Å². The summed E-state index contributed by atoms with van der Waals surface area (Å²) in [5.74, 6) is 0.739. The zero-order valence-electron chi connectivity index (χ0n) is 9.55. The molecule has 1 fully saturated rings. The number of hydrogen-bond acceptors (Lipinski definition) is 2. The third-order valence-corrected chi connectivity index (χ3v) is 2.55. The highest BCUT2D eigenvalue weighted by Crippen LogP contribution is 2.28. The summed E-state index contributed by atoms with van der Waals surface area (Å²) < 4.78 is 5.60. The van der Waals surface area contributed by atoms with Crippen LogP contribution in [0.25, 0.3) is 0 Å². The van der Waals surface area contributed by atoms with Gasteiger partial charge in [0.25, 0.3) is 0 Å². The standard InChI is InChI=1S/C12H22O2/c1-9-7-10(13)8-11(14-9)5-6-12(2,3)4/h10-11,13H,1,5-8H2,2-4H3. The quantitative estimate of drug-likeness (QED) is 0.739. The van der Waals surface area contributed by atoms with Gasteiger partial charge in [0, 0.05) is 12.8 Å². The number of aliphatic hydroxyl groups excluding tert-OH is 1. The van der Waals surface area contributed by atoms with E-state index in [2.05, 4.69) is 27.4 Å². The van der Waals surface area contributed by atoms with Crippen LogP contribution in [0.4, 0.5) is 0 Å². The molecule has 2 atom stereocenters. The third-order valence-electron chi connectivity index (χ3n) is 2.55. The minimum absolute atomic E-state index is 0.172.